The molecule has 0 aromatic carbocycles. The van der Waals surface area contributed by atoms with Crippen LogP contribution in [0.3, 0.4) is 0 Å². The van der Waals surface area contributed by atoms with Crippen molar-refractivity contribution in [2.24, 2.45) is 0 Å². The van der Waals surface area contributed by atoms with Crippen LogP contribution >= 0.6 is 27.3 Å². The number of rotatable bonds is 1. The van der Waals surface area contributed by atoms with E-state index in [0.717, 1.165) is 9.47 Å². The number of thiophene rings is 1. The number of nitrogens with two attached hydrogens (primary N) is 1. The molecule has 0 radical (unpaired) electrons. The average molecular weight is 220 g/mol. The summed E-state index contributed by atoms with van der Waals surface area (Å²) >= 11 is 5.02. The lowest BCUT2D eigenvalue weighted by molar-refractivity contribution is 0.889. The minimum Gasteiger partial charge on any atom is -0.390 e. The van der Waals surface area contributed by atoms with Crippen LogP contribution in [0.1, 0.15) is 24.6 Å². The van der Waals surface area contributed by atoms with Gasteiger partial charge in [-0.2, -0.15) is 0 Å². The second-order valence-corrected chi connectivity index (χ2v) is 4.49. The van der Waals surface area contributed by atoms with Crippen molar-refractivity contribution in [3.63, 3.8) is 0 Å². The first-order chi connectivity index (χ1) is 4.61. The summed E-state index contributed by atoms with van der Waals surface area (Å²) < 4.78 is 1.03. The maximum absolute atomic E-state index is 5.65. The van der Waals surface area contributed by atoms with Crippen molar-refractivity contribution in [2.75, 3.05) is 5.73 Å². The van der Waals surface area contributed by atoms with Crippen LogP contribution in [0.25, 0.3) is 0 Å². The Labute approximate surface area is 73.4 Å². The van der Waals surface area contributed by atoms with Crippen LogP contribution in [0.2, 0.25) is 0 Å². The van der Waals surface area contributed by atoms with E-state index in [1.807, 2.05) is 0 Å². The summed E-state index contributed by atoms with van der Waals surface area (Å²) in [6.45, 7) is 4.33. The number of hydrogen-bond donors (Lipinski definition) is 1. The van der Waals surface area contributed by atoms with E-state index in [1.54, 1.807) is 11.3 Å². The minimum absolute atomic E-state index is 0.582. The van der Waals surface area contributed by atoms with Gasteiger partial charge in [0.2, 0.25) is 0 Å². The van der Waals surface area contributed by atoms with Gasteiger partial charge in [0.15, 0.2) is 0 Å². The lowest BCUT2D eigenvalue weighted by atomic mass is 10.2. The SMILES string of the molecule is CC(C)c1cc(Br)c(N)s1. The van der Waals surface area contributed by atoms with Crippen LogP contribution in [-0.4, -0.2) is 0 Å². The molecule has 0 aliphatic carbocycles. The van der Waals surface area contributed by atoms with E-state index in [1.165, 1.54) is 4.88 Å². The lowest BCUT2D eigenvalue weighted by Gasteiger charge is -1.96. The molecular formula is C7H10BrNS. The van der Waals surface area contributed by atoms with Crippen molar-refractivity contribution >= 4 is 32.3 Å². The zero-order valence-corrected chi connectivity index (χ0v) is 8.42. The molecular weight excluding hydrogens is 210 g/mol. The largest absolute Gasteiger partial charge is 0.390 e. The van der Waals surface area contributed by atoms with Gasteiger partial charge in [0.05, 0.1) is 4.47 Å². The zero-order valence-electron chi connectivity index (χ0n) is 6.02. The third-order valence-electron chi connectivity index (χ3n) is 1.30. The highest BCUT2D eigenvalue weighted by molar-refractivity contribution is 9.10. The molecule has 56 valence electrons. The van der Waals surface area contributed by atoms with Gasteiger partial charge in [-0.1, -0.05) is 13.8 Å². The lowest BCUT2D eigenvalue weighted by Crippen LogP contribution is -1.78. The van der Waals surface area contributed by atoms with E-state index >= 15 is 0 Å². The minimum atomic E-state index is 0.582. The van der Waals surface area contributed by atoms with Gasteiger partial charge in [0.25, 0.3) is 0 Å². The van der Waals surface area contributed by atoms with Gasteiger partial charge in [0.1, 0.15) is 5.00 Å². The Hall–Kier alpha value is -0.0200. The van der Waals surface area contributed by atoms with Gasteiger partial charge in [-0.05, 0) is 27.9 Å². The molecule has 1 nitrogen and oxygen atoms in total. The highest BCUT2D eigenvalue weighted by atomic mass is 79.9. The summed E-state index contributed by atoms with van der Waals surface area (Å²) in [5.74, 6) is 0.582. The second kappa shape index (κ2) is 2.93. The Bertz CT molecular complexity index is 210. The molecule has 0 saturated carbocycles. The fourth-order valence-corrected chi connectivity index (χ4v) is 2.15. The Balaban J connectivity index is 2.98. The van der Waals surface area contributed by atoms with Crippen LogP contribution in [0.15, 0.2) is 10.5 Å². The third kappa shape index (κ3) is 1.52. The van der Waals surface area contributed by atoms with E-state index < -0.39 is 0 Å². The van der Waals surface area contributed by atoms with E-state index in [4.69, 9.17) is 5.73 Å². The third-order valence-corrected chi connectivity index (χ3v) is 3.48. The van der Waals surface area contributed by atoms with Crippen molar-refractivity contribution in [1.29, 1.82) is 0 Å². The molecule has 0 aliphatic rings. The van der Waals surface area contributed by atoms with Gasteiger partial charge < -0.3 is 5.73 Å². The Kier molecular flexibility index (Phi) is 2.36. The zero-order chi connectivity index (χ0) is 7.72. The molecule has 1 rings (SSSR count). The van der Waals surface area contributed by atoms with Gasteiger partial charge in [-0.25, -0.2) is 0 Å². The number of nitrogen functional groups attached to an aromatic ring is 1. The van der Waals surface area contributed by atoms with Crippen LogP contribution in [0.4, 0.5) is 5.00 Å². The monoisotopic (exact) mass is 219 g/mol. The Morgan fingerprint density at radius 3 is 2.40 bits per heavy atom. The summed E-state index contributed by atoms with van der Waals surface area (Å²) in [6, 6.07) is 2.09. The van der Waals surface area contributed by atoms with Crippen molar-refractivity contribution in [3.05, 3.63) is 15.4 Å². The molecule has 1 aromatic rings. The quantitative estimate of drug-likeness (QED) is 0.772. The van der Waals surface area contributed by atoms with Crippen LogP contribution < -0.4 is 5.73 Å². The van der Waals surface area contributed by atoms with Gasteiger partial charge in [-0.15, -0.1) is 11.3 Å². The fourth-order valence-electron chi connectivity index (χ4n) is 0.686. The van der Waals surface area contributed by atoms with Crippen LogP contribution in [0.5, 0.6) is 0 Å². The molecule has 0 fully saturated rings. The number of halogens is 1. The molecule has 3 heteroatoms. The molecule has 0 amide bonds. The molecule has 0 atom stereocenters. The highest BCUT2D eigenvalue weighted by Crippen LogP contribution is 2.33. The van der Waals surface area contributed by atoms with E-state index in [2.05, 4.69) is 35.8 Å². The predicted octanol–water partition coefficient (Wildman–Crippen LogP) is 3.22. The average Bonchev–Trinajstić information content (AvgIpc) is 2.13. The van der Waals surface area contributed by atoms with Crippen molar-refractivity contribution in [3.8, 4) is 0 Å². The first-order valence-electron chi connectivity index (χ1n) is 3.16. The first kappa shape index (κ1) is 8.08. The number of anilines is 1. The molecule has 10 heavy (non-hydrogen) atoms. The normalized spacial score (nSPS) is 10.8. The molecule has 1 aromatic heterocycles. The van der Waals surface area contributed by atoms with Gasteiger partial charge in [-0.3, -0.25) is 0 Å². The standard InChI is InChI=1S/C7H10BrNS/c1-4(2)6-3-5(8)7(9)10-6/h3-4H,9H2,1-2H3. The first-order valence-corrected chi connectivity index (χ1v) is 4.77. The molecule has 1 heterocycles. The molecule has 0 unspecified atom stereocenters. The molecule has 0 bridgehead atoms. The fraction of sp³-hybridized carbons (Fsp3) is 0.429. The summed E-state index contributed by atoms with van der Waals surface area (Å²) in [7, 11) is 0. The maximum atomic E-state index is 5.65. The van der Waals surface area contributed by atoms with Gasteiger partial charge in [0, 0.05) is 4.88 Å². The number of hydrogen-bond acceptors (Lipinski definition) is 2. The molecule has 2 N–H and O–H groups in total. The van der Waals surface area contributed by atoms with Crippen molar-refractivity contribution in [1.82, 2.24) is 0 Å². The van der Waals surface area contributed by atoms with E-state index in [9.17, 15) is 0 Å². The smallest absolute Gasteiger partial charge is 0.100 e. The summed E-state index contributed by atoms with van der Waals surface area (Å²) in [4.78, 5) is 1.34. The summed E-state index contributed by atoms with van der Waals surface area (Å²) in [6.07, 6.45) is 0. The van der Waals surface area contributed by atoms with Crippen molar-refractivity contribution in [2.45, 2.75) is 19.8 Å². The van der Waals surface area contributed by atoms with E-state index in [0.29, 0.717) is 5.92 Å². The summed E-state index contributed by atoms with van der Waals surface area (Å²) in [5, 5.41) is 0.878. The highest BCUT2D eigenvalue weighted by Gasteiger charge is 2.05. The van der Waals surface area contributed by atoms with Gasteiger partial charge >= 0.3 is 0 Å². The Morgan fingerprint density at radius 2 is 2.20 bits per heavy atom. The Morgan fingerprint density at radius 1 is 1.60 bits per heavy atom. The second-order valence-electron chi connectivity index (χ2n) is 2.52. The molecule has 0 saturated heterocycles. The van der Waals surface area contributed by atoms with Crippen LogP contribution in [-0.2, 0) is 0 Å². The molecule has 0 aliphatic heterocycles. The molecule has 0 spiro atoms. The summed E-state index contributed by atoms with van der Waals surface area (Å²) in [5.41, 5.74) is 5.65. The van der Waals surface area contributed by atoms with E-state index in [-0.39, 0.29) is 0 Å². The topological polar surface area (TPSA) is 26.0 Å². The van der Waals surface area contributed by atoms with Crippen molar-refractivity contribution < 1.29 is 0 Å². The van der Waals surface area contributed by atoms with Crippen LogP contribution in [0, 0.1) is 0 Å². The predicted molar refractivity (Wildman–Crippen MR) is 50.5 cm³/mol. The maximum Gasteiger partial charge on any atom is 0.100 e.